The fourth-order valence-electron chi connectivity index (χ4n) is 3.37. The lowest BCUT2D eigenvalue weighted by Crippen LogP contribution is -2.38. The molecular weight excluding hydrogens is 342 g/mol. The molecule has 2 aromatic rings. The van der Waals surface area contributed by atoms with Gasteiger partial charge in [-0.1, -0.05) is 24.3 Å². The van der Waals surface area contributed by atoms with Crippen LogP contribution in [0, 0.1) is 0 Å². The smallest absolute Gasteiger partial charge is 0.423 e. The number of rotatable bonds is 2. The van der Waals surface area contributed by atoms with Crippen molar-refractivity contribution in [3.05, 3.63) is 65.2 Å². The first kappa shape index (κ1) is 16.6. The van der Waals surface area contributed by atoms with Gasteiger partial charge in [0.2, 0.25) is 21.7 Å². The maximum Gasteiger partial charge on any atom is 0.488 e. The summed E-state index contributed by atoms with van der Waals surface area (Å²) in [5.74, 6) is 0. The molecule has 2 aliphatic carbocycles. The fourth-order valence-corrected chi connectivity index (χ4v) is 3.37. The largest absolute Gasteiger partial charge is 0.488 e. The predicted molar refractivity (Wildman–Crippen MR) is 96.4 cm³/mol. The Morgan fingerprint density at radius 1 is 0.500 bits per heavy atom. The third-order valence-electron chi connectivity index (χ3n) is 4.56. The van der Waals surface area contributed by atoms with Crippen molar-refractivity contribution in [2.45, 2.75) is 0 Å². The molecule has 0 saturated carbocycles. The van der Waals surface area contributed by atoms with Gasteiger partial charge in [0, 0.05) is 32.7 Å². The Morgan fingerprint density at radius 2 is 0.731 bits per heavy atom. The average molecular weight is 350 g/mol. The lowest BCUT2D eigenvalue weighted by molar-refractivity contribution is 0.424. The zero-order chi connectivity index (χ0) is 18.9. The van der Waals surface area contributed by atoms with E-state index in [-0.39, 0.29) is 43.6 Å². The van der Waals surface area contributed by atoms with Crippen molar-refractivity contribution in [2.24, 2.45) is 0 Å². The van der Waals surface area contributed by atoms with E-state index in [1.54, 1.807) is 0 Å². The molecule has 0 atom stereocenters. The molecule has 26 heavy (non-hydrogen) atoms. The molecule has 0 amide bonds. The molecule has 0 aliphatic heterocycles. The third kappa shape index (κ3) is 2.01. The fraction of sp³-hybridized carbons (Fsp3) is 0. The van der Waals surface area contributed by atoms with Crippen molar-refractivity contribution in [3.8, 4) is 11.1 Å². The van der Waals surface area contributed by atoms with Gasteiger partial charge in [-0.3, -0.25) is 19.2 Å². The van der Waals surface area contributed by atoms with Crippen molar-refractivity contribution >= 4 is 46.7 Å². The highest BCUT2D eigenvalue weighted by Crippen LogP contribution is 2.33. The SMILES string of the molecule is O=c1c(=O)c2cc(B(O)O)cc3c2-c2c1cc(B(O)O)cc2c(=O)c3=O. The Balaban J connectivity index is 2.43. The van der Waals surface area contributed by atoms with Crippen LogP contribution in [0.5, 0.6) is 0 Å². The van der Waals surface area contributed by atoms with Gasteiger partial charge < -0.3 is 20.1 Å². The highest BCUT2D eigenvalue weighted by atomic mass is 16.4. The molecule has 2 aliphatic rings. The third-order valence-corrected chi connectivity index (χ3v) is 4.56. The van der Waals surface area contributed by atoms with Crippen molar-refractivity contribution in [2.75, 3.05) is 0 Å². The van der Waals surface area contributed by atoms with Gasteiger partial charge in [-0.15, -0.1) is 0 Å². The molecule has 0 radical (unpaired) electrons. The Bertz CT molecular complexity index is 1170. The van der Waals surface area contributed by atoms with Gasteiger partial charge in [0.05, 0.1) is 0 Å². The topological polar surface area (TPSA) is 149 Å². The van der Waals surface area contributed by atoms with Crippen LogP contribution >= 0.6 is 0 Å². The van der Waals surface area contributed by atoms with Crippen LogP contribution in [0.2, 0.25) is 0 Å². The summed E-state index contributed by atoms with van der Waals surface area (Å²) in [7, 11) is -4.01. The average Bonchev–Trinajstić information content (AvgIpc) is 2.61. The minimum Gasteiger partial charge on any atom is -0.423 e. The quantitative estimate of drug-likeness (QED) is 0.163. The number of benzene rings is 4. The molecule has 0 spiro atoms. The Morgan fingerprint density at radius 3 is 0.923 bits per heavy atom. The molecule has 2 aromatic carbocycles. The van der Waals surface area contributed by atoms with E-state index >= 15 is 0 Å². The molecule has 0 fully saturated rings. The van der Waals surface area contributed by atoms with Gasteiger partial charge >= 0.3 is 14.2 Å². The molecule has 0 aromatic heterocycles. The predicted octanol–water partition coefficient (Wildman–Crippen LogP) is -3.79. The first-order chi connectivity index (χ1) is 12.2. The molecule has 10 heteroatoms. The van der Waals surface area contributed by atoms with E-state index < -0.39 is 36.0 Å². The van der Waals surface area contributed by atoms with E-state index in [1.165, 1.54) is 0 Å². The molecule has 0 bridgehead atoms. The maximum atomic E-state index is 12.5. The summed E-state index contributed by atoms with van der Waals surface area (Å²) < 4.78 is 0. The van der Waals surface area contributed by atoms with Gasteiger partial charge in [0.25, 0.3) is 0 Å². The van der Waals surface area contributed by atoms with Crippen LogP contribution in [0.4, 0.5) is 0 Å². The lowest BCUT2D eigenvalue weighted by atomic mass is 9.73. The van der Waals surface area contributed by atoms with E-state index in [4.69, 9.17) is 0 Å². The standard InChI is InChI=1S/C16H8B2O8/c19-13-7-1-5(17(23)24)2-8-11(7)12-9(14(13)20)3-6(18(25)26)4-10(12)16(22)15(8)21/h1-4,23-26H. The van der Waals surface area contributed by atoms with Crippen LogP contribution in [-0.2, 0) is 0 Å². The van der Waals surface area contributed by atoms with Gasteiger partial charge in [0.15, 0.2) is 0 Å². The minimum atomic E-state index is -2.00. The summed E-state index contributed by atoms with van der Waals surface area (Å²) in [5.41, 5.74) is -4.24. The Kier molecular flexibility index (Phi) is 3.37. The van der Waals surface area contributed by atoms with E-state index in [1.807, 2.05) is 0 Å². The van der Waals surface area contributed by atoms with E-state index in [0.29, 0.717) is 0 Å². The zero-order valence-electron chi connectivity index (χ0n) is 12.9. The van der Waals surface area contributed by atoms with Crippen molar-refractivity contribution < 1.29 is 20.1 Å². The summed E-state index contributed by atoms with van der Waals surface area (Å²) in [6.45, 7) is 0. The first-order valence-electron chi connectivity index (χ1n) is 7.49. The van der Waals surface area contributed by atoms with Crippen LogP contribution < -0.4 is 32.6 Å². The summed E-state index contributed by atoms with van der Waals surface area (Å²) >= 11 is 0. The summed E-state index contributed by atoms with van der Waals surface area (Å²) in [6, 6.07) is 4.37. The maximum absolute atomic E-state index is 12.5. The molecule has 0 unspecified atom stereocenters. The van der Waals surface area contributed by atoms with Gasteiger partial charge in [0.1, 0.15) is 0 Å². The second-order valence-electron chi connectivity index (χ2n) is 6.05. The van der Waals surface area contributed by atoms with Gasteiger partial charge in [-0.25, -0.2) is 0 Å². The molecule has 0 heterocycles. The van der Waals surface area contributed by atoms with Crippen LogP contribution in [0.25, 0.3) is 32.7 Å². The second kappa shape index (κ2) is 5.29. The zero-order valence-corrected chi connectivity index (χ0v) is 12.9. The highest BCUT2D eigenvalue weighted by Gasteiger charge is 2.28. The summed E-state index contributed by atoms with van der Waals surface area (Å²) in [5, 5.41) is 36.6. The number of hydrogen-bond donors (Lipinski definition) is 4. The van der Waals surface area contributed by atoms with E-state index in [9.17, 15) is 39.3 Å². The van der Waals surface area contributed by atoms with Crippen molar-refractivity contribution in [1.29, 1.82) is 0 Å². The molecular formula is C16H8B2O8. The van der Waals surface area contributed by atoms with E-state index in [0.717, 1.165) is 24.3 Å². The minimum absolute atomic E-state index is 0.0626. The first-order valence-corrected chi connectivity index (χ1v) is 7.49. The highest BCUT2D eigenvalue weighted by molar-refractivity contribution is 6.60. The Labute approximate surface area is 143 Å². The normalized spacial score (nSPS) is 11.7. The molecule has 126 valence electrons. The van der Waals surface area contributed by atoms with Gasteiger partial charge in [-0.2, -0.15) is 0 Å². The van der Waals surface area contributed by atoms with Crippen molar-refractivity contribution in [1.82, 2.24) is 0 Å². The van der Waals surface area contributed by atoms with E-state index in [2.05, 4.69) is 0 Å². The van der Waals surface area contributed by atoms with Crippen LogP contribution in [-0.4, -0.2) is 34.3 Å². The second-order valence-corrected chi connectivity index (χ2v) is 6.05. The van der Waals surface area contributed by atoms with Crippen LogP contribution in [0.3, 0.4) is 0 Å². The monoisotopic (exact) mass is 350 g/mol. The Hall–Kier alpha value is -2.91. The summed E-state index contributed by atoms with van der Waals surface area (Å²) in [4.78, 5) is 49.9. The molecule has 0 saturated heterocycles. The lowest BCUT2D eigenvalue weighted by Gasteiger charge is -2.16. The van der Waals surface area contributed by atoms with Gasteiger partial charge in [-0.05, 0) is 10.9 Å². The summed E-state index contributed by atoms with van der Waals surface area (Å²) in [6.07, 6.45) is 0. The van der Waals surface area contributed by atoms with Crippen LogP contribution in [0.15, 0.2) is 43.4 Å². The molecule has 4 rings (SSSR count). The molecule has 8 nitrogen and oxygen atoms in total. The molecule has 4 N–H and O–H groups in total. The van der Waals surface area contributed by atoms with Crippen LogP contribution in [0.1, 0.15) is 0 Å². The number of hydrogen-bond acceptors (Lipinski definition) is 8. The van der Waals surface area contributed by atoms with Crippen molar-refractivity contribution in [3.63, 3.8) is 0 Å².